The first-order valence-corrected chi connectivity index (χ1v) is 8.22. The molecule has 138 valence electrons. The van der Waals surface area contributed by atoms with Gasteiger partial charge >= 0.3 is 0 Å². The van der Waals surface area contributed by atoms with Crippen molar-refractivity contribution in [1.82, 2.24) is 4.90 Å². The highest BCUT2D eigenvalue weighted by atomic mass is 16.5. The number of carbonyl (C=O) groups excluding carboxylic acids is 2. The van der Waals surface area contributed by atoms with E-state index in [4.69, 9.17) is 9.47 Å². The topological polar surface area (TPSA) is 67.9 Å². The zero-order valence-electron chi connectivity index (χ0n) is 15.5. The van der Waals surface area contributed by atoms with Gasteiger partial charge in [0.15, 0.2) is 11.5 Å². The quantitative estimate of drug-likeness (QED) is 0.828. The average molecular weight is 356 g/mol. The molecule has 0 aromatic heterocycles. The Kier molecular flexibility index (Phi) is 6.60. The normalized spacial score (nSPS) is 10.2. The van der Waals surface area contributed by atoms with Crippen molar-refractivity contribution in [3.05, 3.63) is 53.6 Å². The van der Waals surface area contributed by atoms with E-state index < -0.39 is 0 Å². The lowest BCUT2D eigenvalue weighted by Gasteiger charge is -2.11. The number of rotatable bonds is 7. The van der Waals surface area contributed by atoms with Gasteiger partial charge in [0.1, 0.15) is 0 Å². The summed E-state index contributed by atoms with van der Waals surface area (Å²) in [5.41, 5.74) is 2.42. The Hall–Kier alpha value is -3.02. The molecule has 0 atom stereocenters. The lowest BCUT2D eigenvalue weighted by molar-refractivity contribution is -0.128. The van der Waals surface area contributed by atoms with Crippen molar-refractivity contribution in [2.75, 3.05) is 33.6 Å². The lowest BCUT2D eigenvalue weighted by Crippen LogP contribution is -2.23. The van der Waals surface area contributed by atoms with E-state index in [-0.39, 0.29) is 18.2 Å². The van der Waals surface area contributed by atoms with Crippen LogP contribution in [0.4, 0.5) is 5.69 Å². The van der Waals surface area contributed by atoms with Crippen LogP contribution in [0, 0.1) is 0 Å². The van der Waals surface area contributed by atoms with Gasteiger partial charge in [0, 0.05) is 19.8 Å². The van der Waals surface area contributed by atoms with E-state index in [2.05, 4.69) is 5.32 Å². The van der Waals surface area contributed by atoms with Crippen molar-refractivity contribution in [3.8, 4) is 11.5 Å². The molecule has 0 radical (unpaired) electrons. The van der Waals surface area contributed by atoms with Crippen LogP contribution in [0.3, 0.4) is 0 Å². The Bertz CT molecular complexity index is 770. The second-order valence-corrected chi connectivity index (χ2v) is 6.08. The maximum atomic E-state index is 12.2. The Morgan fingerprint density at radius 2 is 1.50 bits per heavy atom. The number of ether oxygens (including phenoxy) is 2. The molecular formula is C20H24N2O4. The molecule has 0 aliphatic rings. The fraction of sp³-hybridized carbons (Fsp3) is 0.300. The van der Waals surface area contributed by atoms with Gasteiger partial charge in [-0.2, -0.15) is 0 Å². The first-order chi connectivity index (χ1) is 12.4. The molecule has 0 aliphatic heterocycles. The van der Waals surface area contributed by atoms with Crippen molar-refractivity contribution in [2.24, 2.45) is 0 Å². The number of carbonyl (C=O) groups is 2. The molecule has 6 nitrogen and oxygen atoms in total. The Morgan fingerprint density at radius 3 is 2.08 bits per heavy atom. The molecule has 2 aromatic carbocycles. The molecule has 0 saturated heterocycles. The van der Waals surface area contributed by atoms with Crippen LogP contribution in [-0.4, -0.2) is 45.0 Å². The van der Waals surface area contributed by atoms with Crippen LogP contribution >= 0.6 is 0 Å². The fourth-order valence-corrected chi connectivity index (χ4v) is 2.42. The van der Waals surface area contributed by atoms with Crippen LogP contribution in [0.25, 0.3) is 0 Å². The molecule has 0 fully saturated rings. The summed E-state index contributed by atoms with van der Waals surface area (Å²) in [4.78, 5) is 25.5. The molecule has 2 amide bonds. The third-order valence-corrected chi connectivity index (χ3v) is 3.90. The number of nitrogens with zero attached hydrogens (tertiary/aromatic N) is 1. The number of nitrogens with one attached hydrogen (secondary N) is 1. The summed E-state index contributed by atoms with van der Waals surface area (Å²) in [5, 5.41) is 2.85. The van der Waals surface area contributed by atoms with Crippen LogP contribution in [0.15, 0.2) is 42.5 Å². The van der Waals surface area contributed by atoms with Crippen molar-refractivity contribution in [2.45, 2.75) is 12.8 Å². The number of methoxy groups -OCH3 is 2. The monoisotopic (exact) mass is 356 g/mol. The zero-order chi connectivity index (χ0) is 19.1. The summed E-state index contributed by atoms with van der Waals surface area (Å²) in [7, 11) is 6.58. The molecular weight excluding hydrogens is 332 g/mol. The van der Waals surface area contributed by atoms with Gasteiger partial charge in [-0.15, -0.1) is 0 Å². The van der Waals surface area contributed by atoms with E-state index in [1.165, 1.54) is 0 Å². The van der Waals surface area contributed by atoms with Crippen LogP contribution in [0.1, 0.15) is 11.1 Å². The van der Waals surface area contributed by atoms with E-state index in [0.29, 0.717) is 23.6 Å². The smallest absolute Gasteiger partial charge is 0.228 e. The van der Waals surface area contributed by atoms with Gasteiger partial charge < -0.3 is 19.7 Å². The number of anilines is 1. The third-order valence-electron chi connectivity index (χ3n) is 3.90. The van der Waals surface area contributed by atoms with Crippen LogP contribution in [-0.2, 0) is 22.4 Å². The Morgan fingerprint density at radius 1 is 0.885 bits per heavy atom. The number of benzene rings is 2. The highest BCUT2D eigenvalue weighted by Gasteiger charge is 2.09. The van der Waals surface area contributed by atoms with Gasteiger partial charge in [-0.25, -0.2) is 0 Å². The molecule has 0 spiro atoms. The molecule has 1 N–H and O–H groups in total. The standard InChI is InChI=1S/C20H24N2O4/c1-22(2)20(24)13-14-5-8-16(9-6-14)21-19(23)12-15-7-10-17(25-3)18(11-15)26-4/h5-11H,12-13H2,1-4H3,(H,21,23). The SMILES string of the molecule is COc1ccc(CC(=O)Nc2ccc(CC(=O)N(C)C)cc2)cc1OC. The molecule has 0 aliphatic carbocycles. The van der Waals surface area contributed by atoms with Gasteiger partial charge in [-0.1, -0.05) is 18.2 Å². The van der Waals surface area contributed by atoms with E-state index in [1.54, 1.807) is 57.5 Å². The summed E-state index contributed by atoms with van der Waals surface area (Å²) in [6.45, 7) is 0. The minimum Gasteiger partial charge on any atom is -0.493 e. The summed E-state index contributed by atoms with van der Waals surface area (Å²) in [6.07, 6.45) is 0.564. The first-order valence-electron chi connectivity index (χ1n) is 8.22. The van der Waals surface area contributed by atoms with Gasteiger partial charge in [0.2, 0.25) is 11.8 Å². The van der Waals surface area contributed by atoms with Crippen LogP contribution in [0.2, 0.25) is 0 Å². The summed E-state index contributed by atoms with van der Waals surface area (Å²) >= 11 is 0. The predicted molar refractivity (Wildman–Crippen MR) is 101 cm³/mol. The van der Waals surface area contributed by atoms with Gasteiger partial charge in [0.05, 0.1) is 27.1 Å². The summed E-state index contributed by atoms with van der Waals surface area (Å²) in [5.74, 6) is 1.12. The second kappa shape index (κ2) is 8.89. The number of amides is 2. The fourth-order valence-electron chi connectivity index (χ4n) is 2.42. The van der Waals surface area contributed by atoms with Crippen molar-refractivity contribution in [3.63, 3.8) is 0 Å². The van der Waals surface area contributed by atoms with Gasteiger partial charge in [0.25, 0.3) is 0 Å². The predicted octanol–water partition coefficient (Wildman–Crippen LogP) is 2.52. The largest absolute Gasteiger partial charge is 0.493 e. The first kappa shape index (κ1) is 19.3. The molecule has 0 heterocycles. The molecule has 0 unspecified atom stereocenters. The Labute approximate surface area is 153 Å². The van der Waals surface area contributed by atoms with E-state index >= 15 is 0 Å². The van der Waals surface area contributed by atoms with E-state index in [1.807, 2.05) is 18.2 Å². The van der Waals surface area contributed by atoms with Gasteiger partial charge in [-0.3, -0.25) is 9.59 Å². The molecule has 2 rings (SSSR count). The highest BCUT2D eigenvalue weighted by molar-refractivity contribution is 5.92. The number of hydrogen-bond acceptors (Lipinski definition) is 4. The molecule has 0 saturated carbocycles. The van der Waals surface area contributed by atoms with E-state index in [9.17, 15) is 9.59 Å². The van der Waals surface area contributed by atoms with E-state index in [0.717, 1.165) is 11.1 Å². The Balaban J connectivity index is 1.96. The van der Waals surface area contributed by atoms with Crippen LogP contribution < -0.4 is 14.8 Å². The molecule has 6 heteroatoms. The maximum absolute atomic E-state index is 12.2. The minimum atomic E-state index is -0.130. The van der Waals surface area contributed by atoms with Crippen molar-refractivity contribution >= 4 is 17.5 Å². The summed E-state index contributed by atoms with van der Waals surface area (Å²) in [6, 6.07) is 12.7. The average Bonchev–Trinajstić information content (AvgIpc) is 2.63. The molecule has 2 aromatic rings. The van der Waals surface area contributed by atoms with Gasteiger partial charge in [-0.05, 0) is 35.4 Å². The molecule has 0 bridgehead atoms. The zero-order valence-corrected chi connectivity index (χ0v) is 15.5. The highest BCUT2D eigenvalue weighted by Crippen LogP contribution is 2.27. The summed E-state index contributed by atoms with van der Waals surface area (Å²) < 4.78 is 10.4. The molecule has 26 heavy (non-hydrogen) atoms. The second-order valence-electron chi connectivity index (χ2n) is 6.08. The van der Waals surface area contributed by atoms with Crippen molar-refractivity contribution in [1.29, 1.82) is 0 Å². The van der Waals surface area contributed by atoms with Crippen LogP contribution in [0.5, 0.6) is 11.5 Å². The number of hydrogen-bond donors (Lipinski definition) is 1. The minimum absolute atomic E-state index is 0.0373. The maximum Gasteiger partial charge on any atom is 0.228 e. The third kappa shape index (κ3) is 5.24. The lowest BCUT2D eigenvalue weighted by atomic mass is 10.1. The number of likely N-dealkylation sites (N-methyl/N-ethyl adjacent to an activating group) is 1. The van der Waals surface area contributed by atoms with Crippen molar-refractivity contribution < 1.29 is 19.1 Å².